The van der Waals surface area contributed by atoms with Crippen LogP contribution in [0.5, 0.6) is 0 Å². The normalized spacial score (nSPS) is 20.8. The molecule has 4 nitrogen and oxygen atoms in total. The SMILES string of the molecule is C[C@@H]1C[C@@H](C)n2nccc2N1C(=O)Cc1cc(F)ccc1F. The molecule has 1 aliphatic rings. The molecule has 2 aromatic rings. The Morgan fingerprint density at radius 1 is 1.27 bits per heavy atom. The highest BCUT2D eigenvalue weighted by molar-refractivity contribution is 5.94. The van der Waals surface area contributed by atoms with Gasteiger partial charge in [0.1, 0.15) is 17.5 Å². The van der Waals surface area contributed by atoms with E-state index in [1.54, 1.807) is 21.8 Å². The van der Waals surface area contributed by atoms with Gasteiger partial charge >= 0.3 is 0 Å². The van der Waals surface area contributed by atoms with Gasteiger partial charge in [0.05, 0.1) is 18.7 Å². The highest BCUT2D eigenvalue weighted by Crippen LogP contribution is 2.31. The van der Waals surface area contributed by atoms with Crippen molar-refractivity contribution in [1.29, 1.82) is 0 Å². The van der Waals surface area contributed by atoms with Gasteiger partial charge in [0, 0.05) is 17.7 Å². The third-order valence-corrected chi connectivity index (χ3v) is 4.05. The number of nitrogens with zero attached hydrogens (tertiary/aromatic N) is 3. The van der Waals surface area contributed by atoms with Crippen molar-refractivity contribution < 1.29 is 13.6 Å². The lowest BCUT2D eigenvalue weighted by Crippen LogP contribution is -2.45. The molecule has 0 spiro atoms. The van der Waals surface area contributed by atoms with Crippen molar-refractivity contribution in [3.63, 3.8) is 0 Å². The number of amides is 1. The van der Waals surface area contributed by atoms with Crippen LogP contribution >= 0.6 is 0 Å². The summed E-state index contributed by atoms with van der Waals surface area (Å²) in [6.07, 6.45) is 2.24. The van der Waals surface area contributed by atoms with Gasteiger partial charge in [-0.3, -0.25) is 9.69 Å². The molecule has 0 fully saturated rings. The van der Waals surface area contributed by atoms with Gasteiger partial charge in [-0.15, -0.1) is 0 Å². The van der Waals surface area contributed by atoms with Crippen molar-refractivity contribution in [1.82, 2.24) is 9.78 Å². The van der Waals surface area contributed by atoms with Gasteiger partial charge in [-0.1, -0.05) is 0 Å². The fourth-order valence-electron chi connectivity index (χ4n) is 3.06. The number of anilines is 1. The largest absolute Gasteiger partial charge is 0.294 e. The van der Waals surface area contributed by atoms with Crippen LogP contribution in [-0.2, 0) is 11.2 Å². The Balaban J connectivity index is 1.89. The van der Waals surface area contributed by atoms with Crippen LogP contribution in [0.15, 0.2) is 30.5 Å². The number of hydrogen-bond acceptors (Lipinski definition) is 2. The van der Waals surface area contributed by atoms with Crippen molar-refractivity contribution in [3.8, 4) is 0 Å². The lowest BCUT2D eigenvalue weighted by atomic mass is 10.0. The van der Waals surface area contributed by atoms with Gasteiger partial charge in [-0.25, -0.2) is 13.5 Å². The molecular formula is C16H17F2N3O. The lowest BCUT2D eigenvalue weighted by molar-refractivity contribution is -0.118. The molecule has 0 aliphatic carbocycles. The molecule has 2 heterocycles. The fraction of sp³-hybridized carbons (Fsp3) is 0.375. The third kappa shape index (κ3) is 2.49. The second-order valence-electron chi connectivity index (χ2n) is 5.74. The smallest absolute Gasteiger partial charge is 0.232 e. The van der Waals surface area contributed by atoms with E-state index < -0.39 is 11.6 Å². The van der Waals surface area contributed by atoms with E-state index in [1.807, 2.05) is 13.8 Å². The predicted octanol–water partition coefficient (Wildman–Crippen LogP) is 3.09. The average molecular weight is 305 g/mol. The zero-order valence-corrected chi connectivity index (χ0v) is 12.5. The molecule has 0 radical (unpaired) electrons. The van der Waals surface area contributed by atoms with E-state index in [4.69, 9.17) is 0 Å². The molecule has 1 aromatic heterocycles. The maximum absolute atomic E-state index is 13.7. The summed E-state index contributed by atoms with van der Waals surface area (Å²) in [6.45, 7) is 3.99. The molecule has 1 amide bonds. The fourth-order valence-corrected chi connectivity index (χ4v) is 3.06. The third-order valence-electron chi connectivity index (χ3n) is 4.05. The summed E-state index contributed by atoms with van der Waals surface area (Å²) in [4.78, 5) is 14.2. The molecule has 3 rings (SSSR count). The molecule has 0 saturated heterocycles. The highest BCUT2D eigenvalue weighted by atomic mass is 19.1. The predicted molar refractivity (Wildman–Crippen MR) is 78.6 cm³/mol. The lowest BCUT2D eigenvalue weighted by Gasteiger charge is -2.37. The summed E-state index contributed by atoms with van der Waals surface area (Å²) in [7, 11) is 0. The van der Waals surface area contributed by atoms with Gasteiger partial charge in [0.15, 0.2) is 0 Å². The Hall–Kier alpha value is -2.24. The first-order valence-electron chi connectivity index (χ1n) is 7.27. The molecule has 2 atom stereocenters. The van der Waals surface area contributed by atoms with E-state index >= 15 is 0 Å². The van der Waals surface area contributed by atoms with Crippen LogP contribution in [0.3, 0.4) is 0 Å². The minimum absolute atomic E-state index is 0.0108. The average Bonchev–Trinajstić information content (AvgIpc) is 2.92. The molecule has 0 N–H and O–H groups in total. The standard InChI is InChI=1S/C16H17F2N3O/c1-10-7-11(2)21-15(5-6-19-21)20(10)16(22)9-12-8-13(17)3-4-14(12)18/h3-6,8,10-11H,7,9H2,1-2H3/t10-,11-/m1/s1. The second-order valence-corrected chi connectivity index (χ2v) is 5.74. The van der Waals surface area contributed by atoms with Crippen LogP contribution in [0.4, 0.5) is 14.6 Å². The van der Waals surface area contributed by atoms with Crippen LogP contribution in [0, 0.1) is 11.6 Å². The first-order chi connectivity index (χ1) is 10.5. The summed E-state index contributed by atoms with van der Waals surface area (Å²) >= 11 is 0. The second kappa shape index (κ2) is 5.51. The molecular weight excluding hydrogens is 288 g/mol. The zero-order chi connectivity index (χ0) is 15.9. The number of fused-ring (bicyclic) bond motifs is 1. The minimum atomic E-state index is -0.568. The number of benzene rings is 1. The summed E-state index contributed by atoms with van der Waals surface area (Å²) in [5, 5.41) is 4.23. The van der Waals surface area contributed by atoms with Crippen LogP contribution in [0.25, 0.3) is 0 Å². The van der Waals surface area contributed by atoms with Crippen LogP contribution in [0.1, 0.15) is 31.9 Å². The first-order valence-corrected chi connectivity index (χ1v) is 7.27. The van der Waals surface area contributed by atoms with Crippen LogP contribution < -0.4 is 4.90 Å². The maximum atomic E-state index is 13.7. The molecule has 116 valence electrons. The summed E-state index contributed by atoms with van der Waals surface area (Å²) in [6, 6.07) is 5.12. The van der Waals surface area contributed by atoms with E-state index in [0.29, 0.717) is 5.82 Å². The summed E-state index contributed by atoms with van der Waals surface area (Å²) in [5.74, 6) is -0.672. The van der Waals surface area contributed by atoms with Crippen molar-refractivity contribution in [2.45, 2.75) is 38.8 Å². The van der Waals surface area contributed by atoms with Crippen LogP contribution in [-0.4, -0.2) is 21.7 Å². The first kappa shape index (κ1) is 14.7. The molecule has 0 saturated carbocycles. The molecule has 6 heteroatoms. The number of carbonyl (C=O) groups excluding carboxylic acids is 1. The Bertz CT molecular complexity index is 713. The van der Waals surface area contributed by atoms with Crippen molar-refractivity contribution in [3.05, 3.63) is 47.7 Å². The van der Waals surface area contributed by atoms with E-state index in [1.165, 1.54) is 0 Å². The van der Waals surface area contributed by atoms with E-state index in [2.05, 4.69) is 5.10 Å². The van der Waals surface area contributed by atoms with Crippen molar-refractivity contribution in [2.24, 2.45) is 0 Å². The van der Waals surface area contributed by atoms with Gasteiger partial charge in [-0.2, -0.15) is 5.10 Å². The summed E-state index contributed by atoms with van der Waals surface area (Å²) in [5.41, 5.74) is 0.0712. The Morgan fingerprint density at radius 3 is 2.82 bits per heavy atom. The monoisotopic (exact) mass is 305 g/mol. The maximum Gasteiger partial charge on any atom is 0.232 e. The Morgan fingerprint density at radius 2 is 2.05 bits per heavy atom. The zero-order valence-electron chi connectivity index (χ0n) is 12.5. The minimum Gasteiger partial charge on any atom is -0.294 e. The molecule has 0 bridgehead atoms. The summed E-state index contributed by atoms with van der Waals surface area (Å²) < 4.78 is 28.8. The van der Waals surface area contributed by atoms with Gasteiger partial charge in [0.25, 0.3) is 0 Å². The number of carbonyl (C=O) groups is 1. The quantitative estimate of drug-likeness (QED) is 0.855. The Kier molecular flexibility index (Phi) is 3.68. The number of hydrogen-bond donors (Lipinski definition) is 0. The Labute approximate surface area is 127 Å². The van der Waals surface area contributed by atoms with Gasteiger partial charge < -0.3 is 0 Å². The van der Waals surface area contributed by atoms with E-state index in [-0.39, 0.29) is 30.0 Å². The molecule has 22 heavy (non-hydrogen) atoms. The van der Waals surface area contributed by atoms with E-state index in [9.17, 15) is 13.6 Å². The highest BCUT2D eigenvalue weighted by Gasteiger charge is 2.32. The number of aromatic nitrogens is 2. The topological polar surface area (TPSA) is 38.1 Å². The van der Waals surface area contributed by atoms with E-state index in [0.717, 1.165) is 24.6 Å². The molecule has 0 unspecified atom stereocenters. The number of halogens is 2. The molecule has 1 aliphatic heterocycles. The van der Waals surface area contributed by atoms with Gasteiger partial charge in [-0.05, 0) is 38.5 Å². The van der Waals surface area contributed by atoms with Gasteiger partial charge in [0.2, 0.25) is 5.91 Å². The molecule has 1 aromatic carbocycles. The van der Waals surface area contributed by atoms with Crippen LogP contribution in [0.2, 0.25) is 0 Å². The number of rotatable bonds is 2. The van der Waals surface area contributed by atoms with Crippen molar-refractivity contribution >= 4 is 11.7 Å². The van der Waals surface area contributed by atoms with Crippen molar-refractivity contribution in [2.75, 3.05) is 4.90 Å².